The third kappa shape index (κ3) is 2.66. The maximum Gasteiger partial charge on any atom is 0.123 e. The molecule has 0 N–H and O–H groups in total. The first-order valence-electron chi connectivity index (χ1n) is 6.75. The lowest BCUT2D eigenvalue weighted by Crippen LogP contribution is -2.17. The minimum absolute atomic E-state index is 0.207. The normalized spacial score (nSPS) is 16.6. The lowest BCUT2D eigenvalue weighted by molar-refractivity contribution is 0.429. The Balaban J connectivity index is 2.06. The summed E-state index contributed by atoms with van der Waals surface area (Å²) in [6.07, 6.45) is 2.29. The van der Waals surface area contributed by atoms with E-state index in [1.54, 1.807) is 0 Å². The second-order valence-corrected chi connectivity index (χ2v) is 7.06. The Kier molecular flexibility index (Phi) is 4.17. The van der Waals surface area contributed by atoms with Crippen LogP contribution in [-0.4, -0.2) is 21.3 Å². The Hall–Kier alpha value is -0.810. The van der Waals surface area contributed by atoms with Gasteiger partial charge in [-0.1, -0.05) is 0 Å². The molecular formula is C15H16BrFN2S. The number of thioether (sulfide) groups is 1. The molecular weight excluding hydrogens is 339 g/mol. The van der Waals surface area contributed by atoms with Gasteiger partial charge in [-0.15, -0.1) is 0 Å². The van der Waals surface area contributed by atoms with Gasteiger partial charge in [-0.2, -0.15) is 16.9 Å². The van der Waals surface area contributed by atoms with Crippen molar-refractivity contribution in [3.8, 4) is 11.3 Å². The molecule has 2 aromatic rings. The predicted molar refractivity (Wildman–Crippen MR) is 85.7 cm³/mol. The van der Waals surface area contributed by atoms with Gasteiger partial charge in [0.1, 0.15) is 5.82 Å². The van der Waals surface area contributed by atoms with Crippen LogP contribution in [0.15, 0.2) is 28.7 Å². The fourth-order valence-electron chi connectivity index (χ4n) is 2.59. The molecule has 5 heteroatoms. The van der Waals surface area contributed by atoms with E-state index in [4.69, 9.17) is 5.10 Å². The van der Waals surface area contributed by atoms with E-state index in [-0.39, 0.29) is 5.82 Å². The van der Waals surface area contributed by atoms with Crippen molar-refractivity contribution in [3.05, 3.63) is 40.2 Å². The molecule has 0 amide bonds. The van der Waals surface area contributed by atoms with Crippen LogP contribution in [0, 0.1) is 12.7 Å². The van der Waals surface area contributed by atoms with Gasteiger partial charge in [-0.3, -0.25) is 4.68 Å². The molecule has 1 saturated heterocycles. The monoisotopic (exact) mass is 354 g/mol. The maximum absolute atomic E-state index is 13.1. The highest BCUT2D eigenvalue weighted by molar-refractivity contribution is 9.10. The number of benzene rings is 1. The van der Waals surface area contributed by atoms with Crippen molar-refractivity contribution in [1.29, 1.82) is 0 Å². The van der Waals surface area contributed by atoms with Crippen molar-refractivity contribution in [3.63, 3.8) is 0 Å². The average molecular weight is 355 g/mol. The van der Waals surface area contributed by atoms with Gasteiger partial charge >= 0.3 is 0 Å². The van der Waals surface area contributed by atoms with Gasteiger partial charge in [0.2, 0.25) is 0 Å². The van der Waals surface area contributed by atoms with Gasteiger partial charge in [0.15, 0.2) is 0 Å². The summed E-state index contributed by atoms with van der Waals surface area (Å²) in [5, 5.41) is 4.70. The number of nitrogens with zero attached hydrogens (tertiary/aromatic N) is 2. The molecule has 1 aliphatic heterocycles. The lowest BCUT2D eigenvalue weighted by atomic mass is 10.1. The molecule has 0 radical (unpaired) electrons. The molecule has 3 rings (SSSR count). The zero-order valence-electron chi connectivity index (χ0n) is 11.3. The van der Waals surface area contributed by atoms with Crippen LogP contribution >= 0.6 is 27.7 Å². The topological polar surface area (TPSA) is 17.8 Å². The standard InChI is InChI=1S/C15H16BrFN2S/c1-10-14(16)15(11-2-4-12(17)5-3-11)19(18-10)13-6-8-20-9-7-13/h2-5,13H,6-9H2,1H3. The van der Waals surface area contributed by atoms with Crippen LogP contribution in [0.4, 0.5) is 4.39 Å². The van der Waals surface area contributed by atoms with Crippen molar-refractivity contribution in [1.82, 2.24) is 9.78 Å². The van der Waals surface area contributed by atoms with E-state index < -0.39 is 0 Å². The van der Waals surface area contributed by atoms with Crippen LogP contribution in [-0.2, 0) is 0 Å². The summed E-state index contributed by atoms with van der Waals surface area (Å²) >= 11 is 5.65. The predicted octanol–water partition coefficient (Wildman–Crippen LogP) is 4.83. The van der Waals surface area contributed by atoms with E-state index in [1.165, 1.54) is 23.6 Å². The molecule has 0 bridgehead atoms. The van der Waals surface area contributed by atoms with Crippen LogP contribution in [0.5, 0.6) is 0 Å². The number of halogens is 2. The van der Waals surface area contributed by atoms with E-state index in [2.05, 4.69) is 20.6 Å². The Labute approximate surface area is 130 Å². The number of aryl methyl sites for hydroxylation is 1. The third-order valence-corrected chi connectivity index (χ3v) is 5.66. The molecule has 20 heavy (non-hydrogen) atoms. The summed E-state index contributed by atoms with van der Waals surface area (Å²) in [6, 6.07) is 7.10. The first kappa shape index (κ1) is 14.1. The Bertz CT molecular complexity index is 603. The summed E-state index contributed by atoms with van der Waals surface area (Å²) in [4.78, 5) is 0. The van der Waals surface area contributed by atoms with Gasteiger partial charge in [-0.05, 0) is 71.5 Å². The minimum Gasteiger partial charge on any atom is -0.260 e. The SMILES string of the molecule is Cc1nn(C2CCSCC2)c(-c2ccc(F)cc2)c1Br. The zero-order chi connectivity index (χ0) is 14.1. The molecule has 1 aliphatic rings. The minimum atomic E-state index is -0.207. The molecule has 2 heterocycles. The van der Waals surface area contributed by atoms with Crippen molar-refractivity contribution in [2.75, 3.05) is 11.5 Å². The molecule has 1 aromatic carbocycles. The Morgan fingerprint density at radius 1 is 1.25 bits per heavy atom. The average Bonchev–Trinajstić information content (AvgIpc) is 2.77. The summed E-state index contributed by atoms with van der Waals surface area (Å²) < 4.78 is 16.3. The molecule has 0 atom stereocenters. The highest BCUT2D eigenvalue weighted by Gasteiger charge is 2.23. The van der Waals surface area contributed by atoms with E-state index in [9.17, 15) is 4.39 Å². The second kappa shape index (κ2) is 5.90. The summed E-state index contributed by atoms with van der Waals surface area (Å²) in [7, 11) is 0. The largest absolute Gasteiger partial charge is 0.260 e. The molecule has 1 aromatic heterocycles. The van der Waals surface area contributed by atoms with E-state index in [0.29, 0.717) is 6.04 Å². The smallest absolute Gasteiger partial charge is 0.123 e. The second-order valence-electron chi connectivity index (χ2n) is 5.04. The van der Waals surface area contributed by atoms with Gasteiger partial charge < -0.3 is 0 Å². The van der Waals surface area contributed by atoms with Crippen LogP contribution < -0.4 is 0 Å². The van der Waals surface area contributed by atoms with Crippen molar-refractivity contribution >= 4 is 27.7 Å². The van der Waals surface area contributed by atoms with Crippen molar-refractivity contribution < 1.29 is 4.39 Å². The highest BCUT2D eigenvalue weighted by Crippen LogP contribution is 2.36. The molecule has 0 saturated carbocycles. The number of rotatable bonds is 2. The van der Waals surface area contributed by atoms with Crippen LogP contribution in [0.25, 0.3) is 11.3 Å². The lowest BCUT2D eigenvalue weighted by Gasteiger charge is -2.24. The fourth-order valence-corrected chi connectivity index (χ4v) is 4.16. The van der Waals surface area contributed by atoms with Gasteiger partial charge in [0, 0.05) is 5.56 Å². The van der Waals surface area contributed by atoms with Crippen molar-refractivity contribution in [2.45, 2.75) is 25.8 Å². The first-order valence-corrected chi connectivity index (χ1v) is 8.70. The first-order chi connectivity index (χ1) is 9.66. The number of hydrogen-bond acceptors (Lipinski definition) is 2. The summed E-state index contributed by atoms with van der Waals surface area (Å²) in [6.45, 7) is 2.01. The van der Waals surface area contributed by atoms with Crippen LogP contribution in [0.1, 0.15) is 24.6 Å². The van der Waals surface area contributed by atoms with E-state index in [0.717, 1.165) is 34.3 Å². The molecule has 0 aliphatic carbocycles. The van der Waals surface area contributed by atoms with E-state index in [1.807, 2.05) is 30.8 Å². The highest BCUT2D eigenvalue weighted by atomic mass is 79.9. The molecule has 1 fully saturated rings. The summed E-state index contributed by atoms with van der Waals surface area (Å²) in [5.74, 6) is 2.16. The molecule has 0 unspecified atom stereocenters. The maximum atomic E-state index is 13.1. The number of hydrogen-bond donors (Lipinski definition) is 0. The fraction of sp³-hybridized carbons (Fsp3) is 0.400. The molecule has 106 valence electrons. The number of aromatic nitrogens is 2. The van der Waals surface area contributed by atoms with E-state index >= 15 is 0 Å². The molecule has 0 spiro atoms. The van der Waals surface area contributed by atoms with Gasteiger partial charge in [-0.25, -0.2) is 4.39 Å². The third-order valence-electron chi connectivity index (χ3n) is 3.67. The Morgan fingerprint density at radius 2 is 1.90 bits per heavy atom. The molecule has 2 nitrogen and oxygen atoms in total. The van der Waals surface area contributed by atoms with Crippen molar-refractivity contribution in [2.24, 2.45) is 0 Å². The van der Waals surface area contributed by atoms with Gasteiger partial charge in [0.25, 0.3) is 0 Å². The summed E-state index contributed by atoms with van der Waals surface area (Å²) in [5.41, 5.74) is 3.07. The zero-order valence-corrected chi connectivity index (χ0v) is 13.7. The Morgan fingerprint density at radius 3 is 2.55 bits per heavy atom. The van der Waals surface area contributed by atoms with Crippen LogP contribution in [0.2, 0.25) is 0 Å². The van der Waals surface area contributed by atoms with Crippen LogP contribution in [0.3, 0.4) is 0 Å². The quantitative estimate of drug-likeness (QED) is 0.768. The van der Waals surface area contributed by atoms with Gasteiger partial charge in [0.05, 0.1) is 21.9 Å².